The van der Waals surface area contributed by atoms with Gasteiger partial charge in [0.1, 0.15) is 0 Å². The standard InChI is InChI=1S/C16H22N4O4/c1-3-12-4-6-13(7-5-12)18-14(22)10-11(2)19-20-16(24)15(23)17-8-9-21/h4-7,21H,3,8-10H2,1-2H3,(H,17,23)(H,18,22)(H,20,24)/b19-11+. The molecule has 0 atom stereocenters. The minimum Gasteiger partial charge on any atom is -0.395 e. The molecule has 24 heavy (non-hydrogen) atoms. The Labute approximate surface area is 140 Å². The molecule has 130 valence electrons. The lowest BCUT2D eigenvalue weighted by molar-refractivity contribution is -0.139. The first-order chi connectivity index (χ1) is 11.5. The summed E-state index contributed by atoms with van der Waals surface area (Å²) in [6, 6.07) is 7.50. The van der Waals surface area contributed by atoms with E-state index in [9.17, 15) is 14.4 Å². The van der Waals surface area contributed by atoms with Crippen LogP contribution in [0.3, 0.4) is 0 Å². The van der Waals surface area contributed by atoms with Gasteiger partial charge >= 0.3 is 11.8 Å². The Morgan fingerprint density at radius 1 is 1.12 bits per heavy atom. The van der Waals surface area contributed by atoms with E-state index < -0.39 is 11.8 Å². The summed E-state index contributed by atoms with van der Waals surface area (Å²) in [4.78, 5) is 34.5. The summed E-state index contributed by atoms with van der Waals surface area (Å²) in [6.07, 6.45) is 0.902. The topological polar surface area (TPSA) is 120 Å². The monoisotopic (exact) mass is 334 g/mol. The fourth-order valence-corrected chi connectivity index (χ4v) is 1.75. The van der Waals surface area contributed by atoms with Gasteiger partial charge in [0.05, 0.1) is 13.0 Å². The quantitative estimate of drug-likeness (QED) is 0.323. The van der Waals surface area contributed by atoms with Crippen molar-refractivity contribution in [3.63, 3.8) is 0 Å². The van der Waals surface area contributed by atoms with Crippen molar-refractivity contribution < 1.29 is 19.5 Å². The van der Waals surface area contributed by atoms with Crippen molar-refractivity contribution in [1.29, 1.82) is 0 Å². The maximum absolute atomic E-state index is 11.9. The van der Waals surface area contributed by atoms with Crippen LogP contribution >= 0.6 is 0 Å². The molecule has 0 aromatic heterocycles. The first-order valence-electron chi connectivity index (χ1n) is 7.57. The predicted octanol–water partition coefficient (Wildman–Crippen LogP) is 0.178. The fourth-order valence-electron chi connectivity index (χ4n) is 1.75. The summed E-state index contributed by atoms with van der Waals surface area (Å²) in [5.74, 6) is -2.14. The molecule has 1 rings (SSSR count). The lowest BCUT2D eigenvalue weighted by Crippen LogP contribution is -2.39. The first kappa shape index (κ1) is 19.3. The van der Waals surface area contributed by atoms with Gasteiger partial charge in [0.25, 0.3) is 0 Å². The number of aryl methyl sites for hydroxylation is 1. The molecule has 4 N–H and O–H groups in total. The number of anilines is 1. The largest absolute Gasteiger partial charge is 0.395 e. The molecule has 0 aliphatic heterocycles. The third kappa shape index (κ3) is 7.01. The maximum atomic E-state index is 11.9. The minimum absolute atomic E-state index is 0.0197. The van der Waals surface area contributed by atoms with Gasteiger partial charge in [-0.05, 0) is 31.0 Å². The van der Waals surface area contributed by atoms with Crippen molar-refractivity contribution in [3.8, 4) is 0 Å². The highest BCUT2D eigenvalue weighted by Crippen LogP contribution is 2.10. The smallest absolute Gasteiger partial charge is 0.329 e. The van der Waals surface area contributed by atoms with Crippen molar-refractivity contribution in [2.24, 2.45) is 5.10 Å². The molecule has 0 aliphatic carbocycles. The number of carbonyl (C=O) groups excluding carboxylic acids is 3. The summed E-state index contributed by atoms with van der Waals surface area (Å²) in [5.41, 5.74) is 4.25. The average Bonchev–Trinajstić information content (AvgIpc) is 2.58. The van der Waals surface area contributed by atoms with Crippen molar-refractivity contribution in [2.75, 3.05) is 18.5 Å². The van der Waals surface area contributed by atoms with Crippen molar-refractivity contribution in [2.45, 2.75) is 26.7 Å². The second kappa shape index (κ2) is 10.1. The molecule has 3 amide bonds. The normalized spacial score (nSPS) is 10.9. The molecular formula is C16H22N4O4. The lowest BCUT2D eigenvalue weighted by Gasteiger charge is -2.06. The van der Waals surface area contributed by atoms with Gasteiger partial charge in [-0.25, -0.2) is 5.43 Å². The number of rotatable bonds is 7. The molecule has 0 bridgehead atoms. The van der Waals surface area contributed by atoms with Crippen molar-refractivity contribution in [3.05, 3.63) is 29.8 Å². The Balaban J connectivity index is 2.44. The number of hydrogen-bond acceptors (Lipinski definition) is 5. The van der Waals surface area contributed by atoms with E-state index in [1.54, 1.807) is 6.92 Å². The van der Waals surface area contributed by atoms with Gasteiger partial charge in [-0.2, -0.15) is 5.10 Å². The minimum atomic E-state index is -0.960. The SMILES string of the molecule is CCc1ccc(NC(=O)C/C(C)=N/NC(=O)C(=O)NCCO)cc1. The Morgan fingerprint density at radius 2 is 1.79 bits per heavy atom. The van der Waals surface area contributed by atoms with Crippen LogP contribution in [0.5, 0.6) is 0 Å². The third-order valence-corrected chi connectivity index (χ3v) is 3.01. The van der Waals surface area contributed by atoms with Crippen LogP contribution in [0.2, 0.25) is 0 Å². The van der Waals surface area contributed by atoms with Gasteiger partial charge in [0, 0.05) is 17.9 Å². The van der Waals surface area contributed by atoms with E-state index in [-0.39, 0.29) is 25.5 Å². The van der Waals surface area contributed by atoms with Gasteiger partial charge in [0.2, 0.25) is 5.91 Å². The number of benzene rings is 1. The summed E-state index contributed by atoms with van der Waals surface area (Å²) in [7, 11) is 0. The molecule has 0 heterocycles. The maximum Gasteiger partial charge on any atom is 0.329 e. The zero-order valence-electron chi connectivity index (χ0n) is 13.8. The highest BCUT2D eigenvalue weighted by molar-refractivity contribution is 6.35. The van der Waals surface area contributed by atoms with E-state index in [4.69, 9.17) is 5.11 Å². The van der Waals surface area contributed by atoms with Crippen LogP contribution in [0, 0.1) is 0 Å². The van der Waals surface area contributed by atoms with Gasteiger partial charge in [-0.3, -0.25) is 14.4 Å². The van der Waals surface area contributed by atoms with Crippen molar-refractivity contribution >= 4 is 29.1 Å². The van der Waals surface area contributed by atoms with E-state index in [1.165, 1.54) is 5.56 Å². The molecule has 0 radical (unpaired) electrons. The van der Waals surface area contributed by atoms with E-state index in [0.717, 1.165) is 6.42 Å². The average molecular weight is 334 g/mol. The summed E-state index contributed by atoms with van der Waals surface area (Å²) in [5, 5.41) is 17.2. The second-order valence-corrected chi connectivity index (χ2v) is 5.04. The number of nitrogens with one attached hydrogen (secondary N) is 3. The van der Waals surface area contributed by atoms with Gasteiger partial charge in [-0.15, -0.1) is 0 Å². The molecular weight excluding hydrogens is 312 g/mol. The molecule has 0 unspecified atom stereocenters. The van der Waals surface area contributed by atoms with E-state index in [1.807, 2.05) is 31.2 Å². The zero-order chi connectivity index (χ0) is 17.9. The molecule has 8 nitrogen and oxygen atoms in total. The molecule has 0 aliphatic rings. The number of carbonyl (C=O) groups is 3. The van der Waals surface area contributed by atoms with E-state index in [2.05, 4.69) is 21.2 Å². The number of hydrazone groups is 1. The van der Waals surface area contributed by atoms with Gasteiger partial charge in [-0.1, -0.05) is 19.1 Å². The fraction of sp³-hybridized carbons (Fsp3) is 0.375. The second-order valence-electron chi connectivity index (χ2n) is 5.04. The molecule has 0 saturated carbocycles. The molecule has 1 aromatic rings. The number of hydrogen-bond donors (Lipinski definition) is 4. The van der Waals surface area contributed by atoms with Crippen LogP contribution in [0.25, 0.3) is 0 Å². The van der Waals surface area contributed by atoms with Crippen LogP contribution in [0.15, 0.2) is 29.4 Å². The Bertz CT molecular complexity index is 611. The zero-order valence-corrected chi connectivity index (χ0v) is 13.8. The number of amides is 3. The summed E-state index contributed by atoms with van der Waals surface area (Å²) >= 11 is 0. The Hall–Kier alpha value is -2.74. The van der Waals surface area contributed by atoms with Crippen LogP contribution in [-0.2, 0) is 20.8 Å². The number of aliphatic hydroxyl groups is 1. The van der Waals surface area contributed by atoms with Crippen LogP contribution in [0.4, 0.5) is 5.69 Å². The third-order valence-electron chi connectivity index (χ3n) is 3.01. The van der Waals surface area contributed by atoms with Crippen LogP contribution < -0.4 is 16.1 Å². The molecule has 0 fully saturated rings. The number of nitrogens with zero attached hydrogens (tertiary/aromatic N) is 1. The molecule has 8 heteroatoms. The van der Waals surface area contributed by atoms with Gasteiger partial charge < -0.3 is 15.7 Å². The highest BCUT2D eigenvalue weighted by Gasteiger charge is 2.12. The summed E-state index contributed by atoms with van der Waals surface area (Å²) in [6.45, 7) is 3.33. The van der Waals surface area contributed by atoms with E-state index in [0.29, 0.717) is 11.4 Å². The number of aliphatic hydroxyl groups excluding tert-OH is 1. The van der Waals surface area contributed by atoms with Crippen LogP contribution in [0.1, 0.15) is 25.8 Å². The predicted molar refractivity (Wildman–Crippen MR) is 90.4 cm³/mol. The Morgan fingerprint density at radius 3 is 2.38 bits per heavy atom. The first-order valence-corrected chi connectivity index (χ1v) is 7.57. The van der Waals surface area contributed by atoms with Crippen molar-refractivity contribution in [1.82, 2.24) is 10.7 Å². The van der Waals surface area contributed by atoms with Gasteiger partial charge in [0.15, 0.2) is 0 Å². The molecule has 1 aromatic carbocycles. The van der Waals surface area contributed by atoms with Crippen LogP contribution in [-0.4, -0.2) is 41.7 Å². The Kier molecular flexibility index (Phi) is 8.14. The lowest BCUT2D eigenvalue weighted by atomic mass is 10.1. The summed E-state index contributed by atoms with van der Waals surface area (Å²) < 4.78 is 0. The van der Waals surface area contributed by atoms with E-state index >= 15 is 0 Å². The highest BCUT2D eigenvalue weighted by atomic mass is 16.3. The molecule has 0 saturated heterocycles. The molecule has 0 spiro atoms.